The van der Waals surface area contributed by atoms with Crippen molar-refractivity contribution < 1.29 is 25.8 Å². The average Bonchev–Trinajstić information content (AvgIpc) is 2.13. The Morgan fingerprint density at radius 2 is 1.94 bits per heavy atom. The zero-order valence-corrected chi connectivity index (χ0v) is 11.0. The second-order valence-corrected chi connectivity index (χ2v) is 5.77. The molecule has 0 unspecified atom stereocenters. The van der Waals surface area contributed by atoms with Crippen LogP contribution in [0.3, 0.4) is 0 Å². The molecule has 0 spiro atoms. The van der Waals surface area contributed by atoms with E-state index in [2.05, 4.69) is 20.1 Å². The Morgan fingerprint density at radius 3 is 2.41 bits per heavy atom. The minimum atomic E-state index is -4.47. The van der Waals surface area contributed by atoms with Crippen LogP contribution in [0, 0.1) is 0 Å². The summed E-state index contributed by atoms with van der Waals surface area (Å²) in [4.78, 5) is 0. The number of hydrogen-bond acceptors (Lipinski definition) is 3. The molecule has 0 radical (unpaired) electrons. The fourth-order valence-corrected chi connectivity index (χ4v) is 1.73. The summed E-state index contributed by atoms with van der Waals surface area (Å²) in [5.41, 5.74) is -0.738. The first-order chi connectivity index (χ1) is 7.59. The Balaban J connectivity index is 3.00. The van der Waals surface area contributed by atoms with Crippen LogP contribution in [0.15, 0.2) is 22.7 Å². The average molecular weight is 333 g/mol. The molecule has 0 heterocycles. The van der Waals surface area contributed by atoms with E-state index in [4.69, 9.17) is 0 Å². The molecule has 0 aliphatic carbocycles. The van der Waals surface area contributed by atoms with E-state index in [1.54, 1.807) is 0 Å². The van der Waals surface area contributed by atoms with Crippen molar-refractivity contribution in [2.45, 2.75) is 12.8 Å². The van der Waals surface area contributed by atoms with Crippen molar-refractivity contribution in [1.82, 2.24) is 0 Å². The fourth-order valence-electron chi connectivity index (χ4n) is 1.03. The van der Waals surface area contributed by atoms with Crippen LogP contribution >= 0.6 is 15.9 Å². The first-order valence-electron chi connectivity index (χ1n) is 4.29. The molecule has 1 aromatic rings. The third-order valence-electron chi connectivity index (χ3n) is 1.80. The molecular formula is C9H8BrF3O3S. The molecular weight excluding hydrogens is 325 g/mol. The van der Waals surface area contributed by atoms with Gasteiger partial charge in [-0.1, -0.05) is 15.9 Å². The number of alkyl halides is 3. The fraction of sp³-hybridized carbons (Fsp3) is 0.333. The summed E-state index contributed by atoms with van der Waals surface area (Å²) >= 11 is 3.02. The number of benzene rings is 1. The quantitative estimate of drug-likeness (QED) is 0.799. The lowest BCUT2D eigenvalue weighted by Crippen LogP contribution is -2.07. The molecule has 0 saturated carbocycles. The molecule has 0 amide bonds. The third kappa shape index (κ3) is 4.64. The minimum Gasteiger partial charge on any atom is -0.265 e. The molecule has 96 valence electrons. The van der Waals surface area contributed by atoms with E-state index >= 15 is 0 Å². The predicted octanol–water partition coefficient (Wildman–Crippen LogP) is 2.94. The van der Waals surface area contributed by atoms with Crippen LogP contribution in [0.5, 0.6) is 0 Å². The largest absolute Gasteiger partial charge is 0.416 e. The van der Waals surface area contributed by atoms with Gasteiger partial charge >= 0.3 is 6.18 Å². The molecule has 3 nitrogen and oxygen atoms in total. The maximum atomic E-state index is 12.4. The van der Waals surface area contributed by atoms with Gasteiger partial charge in [-0.05, 0) is 23.8 Å². The Hall–Kier alpha value is -0.600. The lowest BCUT2D eigenvalue weighted by molar-refractivity contribution is -0.137. The molecule has 0 bridgehead atoms. The standard InChI is InChI=1S/C9H8BrF3O3S/c1-17(14,15)16-5-6-4-7(9(11,12)13)2-3-8(6)10/h2-4H,5H2,1H3. The first-order valence-corrected chi connectivity index (χ1v) is 6.90. The summed E-state index contributed by atoms with van der Waals surface area (Å²) in [6.07, 6.45) is -3.64. The molecule has 0 aromatic heterocycles. The summed E-state index contributed by atoms with van der Waals surface area (Å²) in [5, 5.41) is 0. The van der Waals surface area contributed by atoms with E-state index in [-0.39, 0.29) is 5.56 Å². The van der Waals surface area contributed by atoms with Gasteiger partial charge in [0.15, 0.2) is 0 Å². The van der Waals surface area contributed by atoms with Crippen molar-refractivity contribution in [1.29, 1.82) is 0 Å². The highest BCUT2D eigenvalue weighted by Crippen LogP contribution is 2.32. The Bertz CT molecular complexity index is 511. The van der Waals surface area contributed by atoms with Gasteiger partial charge in [0.2, 0.25) is 0 Å². The van der Waals surface area contributed by atoms with Gasteiger partial charge in [-0.25, -0.2) is 0 Å². The molecule has 8 heteroatoms. The van der Waals surface area contributed by atoms with Crippen molar-refractivity contribution in [3.05, 3.63) is 33.8 Å². The van der Waals surface area contributed by atoms with Crippen LogP contribution in [0.4, 0.5) is 13.2 Å². The molecule has 17 heavy (non-hydrogen) atoms. The predicted molar refractivity (Wildman–Crippen MR) is 58.8 cm³/mol. The van der Waals surface area contributed by atoms with E-state index < -0.39 is 28.5 Å². The van der Waals surface area contributed by atoms with E-state index in [0.29, 0.717) is 4.47 Å². The molecule has 1 aromatic carbocycles. The van der Waals surface area contributed by atoms with Gasteiger partial charge in [0, 0.05) is 4.47 Å². The third-order valence-corrected chi connectivity index (χ3v) is 3.12. The van der Waals surface area contributed by atoms with Gasteiger partial charge in [0.25, 0.3) is 10.1 Å². The summed E-state index contributed by atoms with van der Waals surface area (Å²) in [6, 6.07) is 2.94. The van der Waals surface area contributed by atoms with Crippen LogP contribution in [0.2, 0.25) is 0 Å². The molecule has 0 saturated heterocycles. The summed E-state index contributed by atoms with van der Waals surface area (Å²) in [7, 11) is -3.69. The summed E-state index contributed by atoms with van der Waals surface area (Å²) in [6.45, 7) is -0.441. The van der Waals surface area contributed by atoms with Crippen LogP contribution in [-0.4, -0.2) is 14.7 Å². The SMILES string of the molecule is CS(=O)(=O)OCc1cc(C(F)(F)F)ccc1Br. The molecule has 0 aliphatic rings. The highest BCUT2D eigenvalue weighted by molar-refractivity contribution is 9.10. The normalized spacial score (nSPS) is 12.8. The molecule has 0 aliphatic heterocycles. The van der Waals surface area contributed by atoms with Crippen molar-refractivity contribution in [2.75, 3.05) is 6.26 Å². The minimum absolute atomic E-state index is 0.116. The van der Waals surface area contributed by atoms with E-state index in [1.807, 2.05) is 0 Å². The molecule has 0 atom stereocenters. The maximum absolute atomic E-state index is 12.4. The highest BCUT2D eigenvalue weighted by atomic mass is 79.9. The zero-order valence-electron chi connectivity index (χ0n) is 8.58. The topological polar surface area (TPSA) is 43.4 Å². The second-order valence-electron chi connectivity index (χ2n) is 3.27. The van der Waals surface area contributed by atoms with Gasteiger partial charge in [-0.15, -0.1) is 0 Å². The maximum Gasteiger partial charge on any atom is 0.416 e. The van der Waals surface area contributed by atoms with Gasteiger partial charge < -0.3 is 0 Å². The lowest BCUT2D eigenvalue weighted by atomic mass is 10.1. The van der Waals surface area contributed by atoms with Gasteiger partial charge in [0.1, 0.15) is 0 Å². The lowest BCUT2D eigenvalue weighted by Gasteiger charge is -2.10. The smallest absolute Gasteiger partial charge is 0.265 e. The molecule has 0 N–H and O–H groups in total. The van der Waals surface area contributed by atoms with Crippen LogP contribution < -0.4 is 0 Å². The summed E-state index contributed by atoms with van der Waals surface area (Å²) in [5.74, 6) is 0. The first kappa shape index (κ1) is 14.5. The van der Waals surface area contributed by atoms with Crippen LogP contribution in [0.25, 0.3) is 0 Å². The van der Waals surface area contributed by atoms with Gasteiger partial charge in [-0.2, -0.15) is 21.6 Å². The summed E-state index contributed by atoms with van der Waals surface area (Å²) < 4.78 is 63.5. The van der Waals surface area contributed by atoms with E-state index in [9.17, 15) is 21.6 Å². The van der Waals surface area contributed by atoms with Crippen LogP contribution in [0.1, 0.15) is 11.1 Å². The molecule has 0 fully saturated rings. The van der Waals surface area contributed by atoms with E-state index in [1.165, 1.54) is 6.07 Å². The van der Waals surface area contributed by atoms with E-state index in [0.717, 1.165) is 18.4 Å². The monoisotopic (exact) mass is 332 g/mol. The van der Waals surface area contributed by atoms with Gasteiger partial charge in [0.05, 0.1) is 18.4 Å². The molecule has 1 rings (SSSR count). The Morgan fingerprint density at radius 1 is 1.35 bits per heavy atom. The van der Waals surface area contributed by atoms with Crippen molar-refractivity contribution in [2.24, 2.45) is 0 Å². The van der Waals surface area contributed by atoms with Crippen molar-refractivity contribution in [3.8, 4) is 0 Å². The Kier molecular flexibility index (Phi) is 4.21. The van der Waals surface area contributed by atoms with Crippen molar-refractivity contribution >= 4 is 26.0 Å². The highest BCUT2D eigenvalue weighted by Gasteiger charge is 2.30. The van der Waals surface area contributed by atoms with Crippen LogP contribution in [-0.2, 0) is 27.1 Å². The van der Waals surface area contributed by atoms with Crippen molar-refractivity contribution in [3.63, 3.8) is 0 Å². The Labute approximate surface area is 105 Å². The number of halogens is 4. The number of hydrogen-bond donors (Lipinski definition) is 0. The van der Waals surface area contributed by atoms with Gasteiger partial charge in [-0.3, -0.25) is 4.18 Å². The number of rotatable bonds is 3. The second kappa shape index (κ2) is 4.95. The zero-order chi connectivity index (χ0) is 13.3.